The Morgan fingerprint density at radius 1 is 1.53 bits per heavy atom. The second-order valence-corrected chi connectivity index (χ2v) is 2.86. The molecule has 0 saturated heterocycles. The molecule has 0 saturated carbocycles. The summed E-state index contributed by atoms with van der Waals surface area (Å²) in [6, 6.07) is 0.00263. The summed E-state index contributed by atoms with van der Waals surface area (Å²) >= 11 is 0. The van der Waals surface area contributed by atoms with E-state index in [0.717, 1.165) is 12.4 Å². The fraction of sp³-hybridized carbons (Fsp3) is 0.375. The molecule has 0 amide bonds. The molecule has 7 heteroatoms. The smallest absolute Gasteiger partial charge is 0.354 e. The van der Waals surface area contributed by atoms with Crippen molar-refractivity contribution >= 4 is 11.8 Å². The number of nitrogens with zero attached hydrogens (tertiary/aromatic N) is 2. The van der Waals surface area contributed by atoms with Crippen molar-refractivity contribution in [3.8, 4) is 0 Å². The van der Waals surface area contributed by atoms with Crippen molar-refractivity contribution in [3.63, 3.8) is 0 Å². The summed E-state index contributed by atoms with van der Waals surface area (Å²) in [6.07, 6.45) is -1.54. The Kier molecular flexibility index (Phi) is 3.48. The third-order valence-corrected chi connectivity index (χ3v) is 1.64. The summed E-state index contributed by atoms with van der Waals surface area (Å²) < 4.78 is 24.3. The van der Waals surface area contributed by atoms with Crippen molar-refractivity contribution in [3.05, 3.63) is 18.1 Å². The second kappa shape index (κ2) is 4.63. The fourth-order valence-electron chi connectivity index (χ4n) is 0.849. The number of rotatable bonds is 4. The number of alkyl halides is 2. The highest BCUT2D eigenvalue weighted by Gasteiger charge is 2.15. The predicted octanol–water partition coefficient (Wildman–Crippen LogP) is 1.24. The summed E-state index contributed by atoms with van der Waals surface area (Å²) in [6.45, 7) is 1.27. The Morgan fingerprint density at radius 3 is 2.73 bits per heavy atom. The van der Waals surface area contributed by atoms with E-state index in [1.807, 2.05) is 0 Å². The molecule has 1 unspecified atom stereocenters. The van der Waals surface area contributed by atoms with Gasteiger partial charge in [-0.2, -0.15) is 0 Å². The Bertz CT molecular complexity index is 359. The van der Waals surface area contributed by atoms with Crippen LogP contribution in [0.15, 0.2) is 12.4 Å². The van der Waals surface area contributed by atoms with Gasteiger partial charge in [0, 0.05) is 6.07 Å². The minimum Gasteiger partial charge on any atom is -0.477 e. The highest BCUT2D eigenvalue weighted by Crippen LogP contribution is 2.09. The molecular formula is C8H9F2N3O2. The van der Waals surface area contributed by atoms with E-state index in [2.05, 4.69) is 15.3 Å². The maximum absolute atomic E-state index is 12.2. The lowest BCUT2D eigenvalue weighted by Crippen LogP contribution is -2.24. The van der Waals surface area contributed by atoms with Gasteiger partial charge in [0.15, 0.2) is 5.69 Å². The third kappa shape index (κ3) is 3.12. The first kappa shape index (κ1) is 11.3. The highest BCUT2D eigenvalue weighted by molar-refractivity contribution is 5.85. The van der Waals surface area contributed by atoms with Gasteiger partial charge in [0.2, 0.25) is 0 Å². The Morgan fingerprint density at radius 2 is 2.20 bits per heavy atom. The van der Waals surface area contributed by atoms with E-state index >= 15 is 0 Å². The zero-order chi connectivity index (χ0) is 11.4. The van der Waals surface area contributed by atoms with E-state index in [4.69, 9.17) is 5.11 Å². The summed E-state index contributed by atoms with van der Waals surface area (Å²) in [7, 11) is 0. The third-order valence-electron chi connectivity index (χ3n) is 1.64. The molecule has 15 heavy (non-hydrogen) atoms. The molecule has 0 aliphatic carbocycles. The molecule has 1 aromatic rings. The molecule has 5 nitrogen and oxygen atoms in total. The molecule has 0 radical (unpaired) electrons. The molecule has 1 aromatic heterocycles. The number of carbonyl (C=O) groups is 1. The van der Waals surface area contributed by atoms with Gasteiger partial charge in [-0.15, -0.1) is 0 Å². The van der Waals surface area contributed by atoms with Crippen LogP contribution in [-0.4, -0.2) is 33.5 Å². The summed E-state index contributed by atoms with van der Waals surface area (Å²) in [5.41, 5.74) is -0.242. The predicted molar refractivity (Wildman–Crippen MR) is 48.1 cm³/mol. The van der Waals surface area contributed by atoms with Gasteiger partial charge in [-0.1, -0.05) is 0 Å². The number of anilines is 1. The normalized spacial score (nSPS) is 12.5. The molecule has 0 aliphatic rings. The van der Waals surface area contributed by atoms with Crippen LogP contribution in [0.3, 0.4) is 0 Å². The van der Waals surface area contributed by atoms with Crippen molar-refractivity contribution in [1.29, 1.82) is 0 Å². The van der Waals surface area contributed by atoms with Crippen molar-refractivity contribution < 1.29 is 18.7 Å². The van der Waals surface area contributed by atoms with Crippen LogP contribution in [-0.2, 0) is 0 Å². The lowest BCUT2D eigenvalue weighted by Gasteiger charge is -2.12. The molecule has 0 bridgehead atoms. The zero-order valence-electron chi connectivity index (χ0n) is 7.82. The molecule has 1 heterocycles. The van der Waals surface area contributed by atoms with Gasteiger partial charge in [0.1, 0.15) is 12.1 Å². The number of aromatic nitrogens is 2. The number of halogens is 2. The molecule has 0 fully saturated rings. The van der Waals surface area contributed by atoms with Gasteiger partial charge in [0.25, 0.3) is 6.43 Å². The van der Waals surface area contributed by atoms with Crippen molar-refractivity contribution in [2.45, 2.75) is 19.4 Å². The van der Waals surface area contributed by atoms with E-state index in [1.54, 1.807) is 0 Å². The van der Waals surface area contributed by atoms with Crippen LogP contribution < -0.4 is 5.32 Å². The van der Waals surface area contributed by atoms with Gasteiger partial charge in [-0.25, -0.2) is 23.5 Å². The quantitative estimate of drug-likeness (QED) is 0.793. The number of hydrogen-bond donors (Lipinski definition) is 2. The van der Waals surface area contributed by atoms with E-state index in [-0.39, 0.29) is 11.5 Å². The minimum absolute atomic E-state index is 0.0650. The van der Waals surface area contributed by atoms with E-state index in [1.165, 1.54) is 6.92 Å². The maximum Gasteiger partial charge on any atom is 0.354 e. The van der Waals surface area contributed by atoms with Crippen LogP contribution in [0.1, 0.15) is 17.4 Å². The number of aromatic carboxylic acids is 1. The molecule has 0 aliphatic heterocycles. The van der Waals surface area contributed by atoms with Gasteiger partial charge >= 0.3 is 5.97 Å². The molecule has 0 spiro atoms. The van der Waals surface area contributed by atoms with E-state index < -0.39 is 18.4 Å². The van der Waals surface area contributed by atoms with Gasteiger partial charge in [-0.3, -0.25) is 0 Å². The first-order chi connectivity index (χ1) is 7.00. The van der Waals surface area contributed by atoms with E-state index in [9.17, 15) is 13.6 Å². The standard InChI is InChI=1S/C8H9F2N3O2/c1-4(7(9)10)13-6-2-5(8(14)15)11-3-12-6/h2-4,7H,1H3,(H,14,15)(H,11,12,13). The average molecular weight is 217 g/mol. The SMILES string of the molecule is CC(Nc1cc(C(=O)O)ncn1)C(F)F. The second-order valence-electron chi connectivity index (χ2n) is 2.86. The minimum atomic E-state index is -2.55. The first-order valence-corrected chi connectivity index (χ1v) is 4.10. The summed E-state index contributed by atoms with van der Waals surface area (Å²) in [5, 5.41) is 11.0. The molecule has 0 aromatic carbocycles. The average Bonchev–Trinajstić information content (AvgIpc) is 2.18. The monoisotopic (exact) mass is 217 g/mol. The fourth-order valence-corrected chi connectivity index (χ4v) is 0.849. The van der Waals surface area contributed by atoms with Crippen LogP contribution >= 0.6 is 0 Å². The van der Waals surface area contributed by atoms with Crippen molar-refractivity contribution in [2.75, 3.05) is 5.32 Å². The lowest BCUT2D eigenvalue weighted by molar-refractivity contribution is 0.0690. The molecular weight excluding hydrogens is 208 g/mol. The molecule has 1 rings (SSSR count). The molecule has 82 valence electrons. The lowest BCUT2D eigenvalue weighted by atomic mass is 10.3. The van der Waals surface area contributed by atoms with Crippen LogP contribution in [0, 0.1) is 0 Å². The number of carboxylic acids is 1. The number of nitrogens with one attached hydrogen (secondary N) is 1. The maximum atomic E-state index is 12.2. The highest BCUT2D eigenvalue weighted by atomic mass is 19.3. The summed E-state index contributed by atoms with van der Waals surface area (Å²) in [4.78, 5) is 17.6. The number of hydrogen-bond acceptors (Lipinski definition) is 4. The van der Waals surface area contributed by atoms with Crippen LogP contribution in [0.4, 0.5) is 14.6 Å². The summed E-state index contributed by atoms with van der Waals surface area (Å²) in [5.74, 6) is -1.17. The Labute approximate surface area is 84.2 Å². The van der Waals surface area contributed by atoms with Crippen LogP contribution in [0.2, 0.25) is 0 Å². The van der Waals surface area contributed by atoms with Gasteiger partial charge < -0.3 is 10.4 Å². The topological polar surface area (TPSA) is 75.1 Å². The zero-order valence-corrected chi connectivity index (χ0v) is 7.82. The van der Waals surface area contributed by atoms with Crippen LogP contribution in [0.5, 0.6) is 0 Å². The first-order valence-electron chi connectivity index (χ1n) is 4.10. The largest absolute Gasteiger partial charge is 0.477 e. The Balaban J connectivity index is 2.78. The van der Waals surface area contributed by atoms with E-state index in [0.29, 0.717) is 0 Å². The van der Waals surface area contributed by atoms with Crippen molar-refractivity contribution in [2.24, 2.45) is 0 Å². The van der Waals surface area contributed by atoms with Gasteiger partial charge in [0.05, 0.1) is 6.04 Å². The molecule has 1 atom stereocenters. The number of carboxylic acid groups (broad SMARTS) is 1. The van der Waals surface area contributed by atoms with Crippen molar-refractivity contribution in [1.82, 2.24) is 9.97 Å². The Hall–Kier alpha value is -1.79. The van der Waals surface area contributed by atoms with Crippen LogP contribution in [0.25, 0.3) is 0 Å². The van der Waals surface area contributed by atoms with Gasteiger partial charge in [-0.05, 0) is 6.92 Å². The molecule has 2 N–H and O–H groups in total.